The fourth-order valence-electron chi connectivity index (χ4n) is 8.24. The van der Waals surface area contributed by atoms with Crippen LogP contribution in [0.5, 0.6) is 0 Å². The van der Waals surface area contributed by atoms with Crippen LogP contribution >= 0.6 is 11.3 Å². The number of Topliss-reactive ketones (excluding diaryl/α,β-unsaturated/α-hetero) is 1. The number of fused-ring (bicyclic) bond motifs is 1. The number of carbonyl (C=O) groups excluding carboxylic acids is 5. The van der Waals surface area contributed by atoms with Crippen LogP contribution in [0.25, 0.3) is 0 Å². The van der Waals surface area contributed by atoms with E-state index in [0.717, 1.165) is 43.4 Å². The van der Waals surface area contributed by atoms with E-state index in [1.807, 2.05) is 34.6 Å². The molecule has 2 aliphatic heterocycles. The second-order valence-corrected chi connectivity index (χ2v) is 19.3. The standard InChI is InChI=1S/C36H56N6O7S2/c1-22(2)24-13-17-42(28(24)31(44)38-25(19-23-11-10-12-23)29(43)32(45)37-6)33(46)30(35(3,4)5)39-34(47)40-36(15-8-7-9-16-36)21-41-20-26-27(14-18-50-26)51(41,48)49/h14,18,22-25,28,30H,7-13,15-17,19-21H2,1-6H3,(H,37,45)(H,38,44)(H2,39,40,47)/t24-,25?,28+,30-/m1/s1. The van der Waals surface area contributed by atoms with Gasteiger partial charge in [-0.2, -0.15) is 4.31 Å². The molecule has 13 nitrogen and oxygen atoms in total. The zero-order valence-corrected chi connectivity index (χ0v) is 32.5. The van der Waals surface area contributed by atoms with Gasteiger partial charge >= 0.3 is 6.03 Å². The smallest absolute Gasteiger partial charge is 0.315 e. The van der Waals surface area contributed by atoms with E-state index in [9.17, 15) is 32.4 Å². The molecule has 3 fully saturated rings. The number of hydrogen-bond acceptors (Lipinski definition) is 8. The van der Waals surface area contributed by atoms with Crippen LogP contribution in [-0.2, 0) is 35.7 Å². The molecule has 5 amide bonds. The lowest BCUT2D eigenvalue weighted by atomic mass is 9.80. The predicted octanol–water partition coefficient (Wildman–Crippen LogP) is 3.53. The van der Waals surface area contributed by atoms with Gasteiger partial charge in [-0.15, -0.1) is 11.3 Å². The summed E-state index contributed by atoms with van der Waals surface area (Å²) in [5.41, 5.74) is -1.56. The minimum atomic E-state index is -3.67. The molecule has 51 heavy (non-hydrogen) atoms. The Morgan fingerprint density at radius 2 is 1.69 bits per heavy atom. The molecule has 5 rings (SSSR count). The summed E-state index contributed by atoms with van der Waals surface area (Å²) in [6, 6.07) is -1.83. The number of amides is 5. The average molecular weight is 749 g/mol. The van der Waals surface area contributed by atoms with E-state index in [2.05, 4.69) is 21.3 Å². The van der Waals surface area contributed by atoms with Crippen molar-refractivity contribution in [3.63, 3.8) is 0 Å². The summed E-state index contributed by atoms with van der Waals surface area (Å²) in [5.74, 6) is -2.26. The third-order valence-electron chi connectivity index (χ3n) is 11.4. The lowest BCUT2D eigenvalue weighted by molar-refractivity contribution is -0.145. The van der Waals surface area contributed by atoms with Crippen molar-refractivity contribution >= 4 is 50.9 Å². The van der Waals surface area contributed by atoms with Crippen molar-refractivity contribution in [2.45, 2.75) is 134 Å². The predicted molar refractivity (Wildman–Crippen MR) is 194 cm³/mol. The molecule has 2 aliphatic carbocycles. The van der Waals surface area contributed by atoms with Crippen LogP contribution in [0.1, 0.15) is 104 Å². The molecule has 0 bridgehead atoms. The molecule has 0 aromatic carbocycles. The third-order valence-corrected chi connectivity index (χ3v) is 14.3. The molecule has 1 unspecified atom stereocenters. The normalized spacial score (nSPS) is 24.3. The van der Waals surface area contributed by atoms with Gasteiger partial charge in [0, 0.05) is 31.6 Å². The van der Waals surface area contributed by atoms with Crippen molar-refractivity contribution in [1.29, 1.82) is 0 Å². The number of rotatable bonds is 12. The topological polar surface area (TPSA) is 174 Å². The Morgan fingerprint density at radius 3 is 2.25 bits per heavy atom. The molecule has 1 saturated heterocycles. The monoisotopic (exact) mass is 748 g/mol. The molecule has 2 saturated carbocycles. The minimum absolute atomic E-state index is 0.0420. The molecule has 4 atom stereocenters. The highest BCUT2D eigenvalue weighted by Gasteiger charge is 2.49. The van der Waals surface area contributed by atoms with E-state index in [-0.39, 0.29) is 30.8 Å². The molecule has 284 valence electrons. The number of urea groups is 1. The van der Waals surface area contributed by atoms with E-state index in [4.69, 9.17) is 0 Å². The zero-order valence-electron chi connectivity index (χ0n) is 30.9. The van der Waals surface area contributed by atoms with Gasteiger partial charge in [0.15, 0.2) is 0 Å². The van der Waals surface area contributed by atoms with Gasteiger partial charge in [-0.3, -0.25) is 19.2 Å². The number of sulfonamides is 1. The highest BCUT2D eigenvalue weighted by atomic mass is 32.2. The highest BCUT2D eigenvalue weighted by Crippen LogP contribution is 2.39. The molecule has 0 spiro atoms. The van der Waals surface area contributed by atoms with E-state index in [1.54, 1.807) is 11.4 Å². The van der Waals surface area contributed by atoms with Crippen LogP contribution in [0.2, 0.25) is 0 Å². The second-order valence-electron chi connectivity index (χ2n) is 16.4. The van der Waals surface area contributed by atoms with Crippen LogP contribution in [0.15, 0.2) is 16.3 Å². The number of likely N-dealkylation sites (N-methyl/N-ethyl adjacent to an activating group) is 1. The summed E-state index contributed by atoms with van der Waals surface area (Å²) in [5, 5.41) is 13.1. The number of ketones is 1. The van der Waals surface area contributed by atoms with E-state index >= 15 is 0 Å². The number of hydrogen-bond donors (Lipinski definition) is 4. The first-order valence-corrected chi connectivity index (χ1v) is 20.8. The summed E-state index contributed by atoms with van der Waals surface area (Å²) in [7, 11) is -2.29. The van der Waals surface area contributed by atoms with Gasteiger partial charge in [-0.05, 0) is 60.3 Å². The molecule has 4 N–H and O–H groups in total. The molecular weight excluding hydrogens is 693 g/mol. The quantitative estimate of drug-likeness (QED) is 0.237. The third kappa shape index (κ3) is 8.45. The molecule has 15 heteroatoms. The maximum absolute atomic E-state index is 14.5. The van der Waals surface area contributed by atoms with Crippen LogP contribution in [-0.4, -0.2) is 91.0 Å². The van der Waals surface area contributed by atoms with E-state index in [0.29, 0.717) is 37.1 Å². The van der Waals surface area contributed by atoms with Gasteiger partial charge in [0.05, 0.1) is 16.5 Å². The Bertz CT molecular complexity index is 1590. The lowest BCUT2D eigenvalue weighted by Crippen LogP contribution is -2.64. The average Bonchev–Trinajstić information content (AvgIpc) is 3.76. The number of likely N-dealkylation sites (tertiary alicyclic amines) is 1. The fraction of sp³-hybridized carbons (Fsp3) is 0.750. The number of carbonyl (C=O) groups is 5. The molecule has 0 radical (unpaired) electrons. The first kappa shape index (κ1) is 39.2. The first-order chi connectivity index (χ1) is 24.0. The van der Waals surface area contributed by atoms with Gasteiger partial charge in [0.25, 0.3) is 5.91 Å². The molecule has 4 aliphatic rings. The summed E-state index contributed by atoms with van der Waals surface area (Å²) >= 11 is 1.41. The van der Waals surface area contributed by atoms with Gasteiger partial charge < -0.3 is 26.2 Å². The Hall–Kier alpha value is -3.04. The van der Waals surface area contributed by atoms with Gasteiger partial charge in [-0.25, -0.2) is 13.2 Å². The van der Waals surface area contributed by atoms with Crippen molar-refractivity contribution < 1.29 is 32.4 Å². The summed E-state index contributed by atoms with van der Waals surface area (Å²) in [6.45, 7) is 10.3. The van der Waals surface area contributed by atoms with Gasteiger partial charge in [0.1, 0.15) is 12.1 Å². The van der Waals surface area contributed by atoms with Crippen LogP contribution < -0.4 is 21.3 Å². The Kier molecular flexibility index (Phi) is 11.9. The van der Waals surface area contributed by atoms with Crippen molar-refractivity contribution in [3.8, 4) is 0 Å². The Morgan fingerprint density at radius 1 is 1.00 bits per heavy atom. The summed E-state index contributed by atoms with van der Waals surface area (Å²) in [6.07, 6.45) is 7.72. The van der Waals surface area contributed by atoms with Crippen molar-refractivity contribution in [2.75, 3.05) is 20.1 Å². The van der Waals surface area contributed by atoms with E-state index in [1.165, 1.54) is 27.6 Å². The maximum Gasteiger partial charge on any atom is 0.315 e. The van der Waals surface area contributed by atoms with Crippen molar-refractivity contribution in [1.82, 2.24) is 30.5 Å². The van der Waals surface area contributed by atoms with Gasteiger partial charge in [0.2, 0.25) is 27.6 Å². The maximum atomic E-state index is 14.5. The number of nitrogens with zero attached hydrogens (tertiary/aromatic N) is 2. The summed E-state index contributed by atoms with van der Waals surface area (Å²) < 4.78 is 28.2. The fourth-order valence-corrected chi connectivity index (χ4v) is 11.2. The molecule has 1 aromatic heterocycles. The Balaban J connectivity index is 1.34. The second kappa shape index (κ2) is 15.5. The van der Waals surface area contributed by atoms with E-state index < -0.39 is 68.6 Å². The molecule has 1 aromatic rings. The molecule has 3 heterocycles. The van der Waals surface area contributed by atoms with Crippen molar-refractivity contribution in [2.24, 2.45) is 23.2 Å². The highest BCUT2D eigenvalue weighted by molar-refractivity contribution is 7.89. The lowest BCUT2D eigenvalue weighted by Gasteiger charge is -2.42. The number of nitrogens with one attached hydrogen (secondary N) is 4. The SMILES string of the molecule is CNC(=O)C(=O)C(CC1CCC1)NC(=O)[C@@H]1[C@@H](C(C)C)CCN1C(=O)[C@@H](NC(=O)NC1(CN2Cc3sccc3S2(=O)=O)CCCCC1)C(C)(C)C. The summed E-state index contributed by atoms with van der Waals surface area (Å²) in [4.78, 5) is 70.7. The minimum Gasteiger partial charge on any atom is -0.353 e. The largest absolute Gasteiger partial charge is 0.353 e. The first-order valence-electron chi connectivity index (χ1n) is 18.5. The zero-order chi connectivity index (χ0) is 37.3. The van der Waals surface area contributed by atoms with Crippen LogP contribution in [0.3, 0.4) is 0 Å². The van der Waals surface area contributed by atoms with Crippen LogP contribution in [0, 0.1) is 23.2 Å². The number of thiophene rings is 1. The van der Waals surface area contributed by atoms with Crippen molar-refractivity contribution in [3.05, 3.63) is 16.3 Å². The molecular formula is C36H56N6O7S2. The van der Waals surface area contributed by atoms with Crippen LogP contribution in [0.4, 0.5) is 4.79 Å². The Labute approximate surface area is 306 Å². The van der Waals surface area contributed by atoms with Gasteiger partial charge in [-0.1, -0.05) is 73.1 Å².